The molecule has 0 atom stereocenters. The molecule has 1 rings (SSSR count). The monoisotopic (exact) mass is 218 g/mol. The molecule has 0 spiro atoms. The molecule has 0 aromatic heterocycles. The van der Waals surface area contributed by atoms with Crippen molar-refractivity contribution < 1.29 is 9.47 Å². The van der Waals surface area contributed by atoms with Gasteiger partial charge >= 0.3 is 0 Å². The van der Waals surface area contributed by atoms with Gasteiger partial charge in [0.2, 0.25) is 0 Å². The molecule has 0 saturated heterocycles. The van der Waals surface area contributed by atoms with Crippen LogP contribution in [0.25, 0.3) is 0 Å². The molecule has 0 aliphatic rings. The lowest BCUT2D eigenvalue weighted by molar-refractivity contribution is 0.124. The lowest BCUT2D eigenvalue weighted by Crippen LogP contribution is -1.96. The summed E-state index contributed by atoms with van der Waals surface area (Å²) in [5.74, 6) is 0.865. The minimum absolute atomic E-state index is 0.619. The van der Waals surface area contributed by atoms with E-state index in [1.165, 1.54) is 0 Å². The maximum atomic E-state index is 5.52. The van der Waals surface area contributed by atoms with Crippen molar-refractivity contribution in [2.75, 3.05) is 13.7 Å². The van der Waals surface area contributed by atoms with Crippen molar-refractivity contribution >= 4 is 0 Å². The SMILES string of the molecule is C=CC(=C)CCOCc1ccc(OC)cc1. The Morgan fingerprint density at radius 3 is 2.56 bits per heavy atom. The predicted molar refractivity (Wildman–Crippen MR) is 66.6 cm³/mol. The van der Waals surface area contributed by atoms with Crippen LogP contribution >= 0.6 is 0 Å². The van der Waals surface area contributed by atoms with Crippen molar-refractivity contribution in [3.8, 4) is 5.75 Å². The van der Waals surface area contributed by atoms with E-state index in [2.05, 4.69) is 13.2 Å². The van der Waals surface area contributed by atoms with Gasteiger partial charge in [0, 0.05) is 0 Å². The average molecular weight is 218 g/mol. The standard InChI is InChI=1S/C14H18O2/c1-4-12(2)9-10-16-11-13-5-7-14(15-3)8-6-13/h4-8H,1-2,9-11H2,3H3. The number of hydrogen-bond acceptors (Lipinski definition) is 2. The molecule has 16 heavy (non-hydrogen) atoms. The highest BCUT2D eigenvalue weighted by atomic mass is 16.5. The van der Waals surface area contributed by atoms with Crippen LogP contribution in [-0.2, 0) is 11.3 Å². The van der Waals surface area contributed by atoms with Gasteiger partial charge in [0.05, 0.1) is 20.3 Å². The molecular formula is C14H18O2. The van der Waals surface area contributed by atoms with Gasteiger partial charge in [-0.15, -0.1) is 0 Å². The molecule has 0 amide bonds. The second kappa shape index (κ2) is 6.85. The smallest absolute Gasteiger partial charge is 0.118 e. The third-order valence-electron chi connectivity index (χ3n) is 2.28. The summed E-state index contributed by atoms with van der Waals surface area (Å²) in [4.78, 5) is 0. The van der Waals surface area contributed by atoms with Crippen LogP contribution < -0.4 is 4.74 Å². The zero-order chi connectivity index (χ0) is 11.8. The van der Waals surface area contributed by atoms with Crippen LogP contribution in [0.2, 0.25) is 0 Å². The zero-order valence-corrected chi connectivity index (χ0v) is 9.74. The molecule has 0 aliphatic heterocycles. The molecular weight excluding hydrogens is 200 g/mol. The predicted octanol–water partition coefficient (Wildman–Crippen LogP) is 3.34. The van der Waals surface area contributed by atoms with Crippen molar-refractivity contribution in [1.82, 2.24) is 0 Å². The van der Waals surface area contributed by atoms with Crippen molar-refractivity contribution in [3.05, 3.63) is 54.6 Å². The van der Waals surface area contributed by atoms with Gasteiger partial charge in [0.25, 0.3) is 0 Å². The fourth-order valence-electron chi connectivity index (χ4n) is 1.22. The molecule has 0 heterocycles. The van der Waals surface area contributed by atoms with E-state index < -0.39 is 0 Å². The summed E-state index contributed by atoms with van der Waals surface area (Å²) in [5.41, 5.74) is 2.15. The van der Waals surface area contributed by atoms with E-state index >= 15 is 0 Å². The van der Waals surface area contributed by atoms with Gasteiger partial charge in [-0.2, -0.15) is 0 Å². The van der Waals surface area contributed by atoms with Gasteiger partial charge < -0.3 is 9.47 Å². The van der Waals surface area contributed by atoms with Crippen LogP contribution in [0, 0.1) is 0 Å². The summed E-state index contributed by atoms with van der Waals surface area (Å²) in [6.07, 6.45) is 2.59. The topological polar surface area (TPSA) is 18.5 Å². The maximum absolute atomic E-state index is 5.52. The summed E-state index contributed by atoms with van der Waals surface area (Å²) >= 11 is 0. The minimum atomic E-state index is 0.619. The zero-order valence-electron chi connectivity index (χ0n) is 9.74. The Bertz CT molecular complexity index is 338. The van der Waals surface area contributed by atoms with Crippen LogP contribution in [0.15, 0.2) is 49.1 Å². The van der Waals surface area contributed by atoms with Crippen molar-refractivity contribution in [2.45, 2.75) is 13.0 Å². The van der Waals surface area contributed by atoms with Crippen LogP contribution in [0.3, 0.4) is 0 Å². The average Bonchev–Trinajstić information content (AvgIpc) is 2.35. The van der Waals surface area contributed by atoms with Gasteiger partial charge in [-0.25, -0.2) is 0 Å². The van der Waals surface area contributed by atoms with Crippen molar-refractivity contribution in [3.63, 3.8) is 0 Å². The van der Waals surface area contributed by atoms with E-state index in [1.54, 1.807) is 13.2 Å². The molecule has 86 valence electrons. The molecule has 1 aromatic rings. The molecule has 0 N–H and O–H groups in total. The first-order chi connectivity index (χ1) is 7.76. The minimum Gasteiger partial charge on any atom is -0.497 e. The first-order valence-corrected chi connectivity index (χ1v) is 5.27. The number of ether oxygens (including phenoxy) is 2. The highest BCUT2D eigenvalue weighted by Gasteiger charge is 1.95. The summed E-state index contributed by atoms with van der Waals surface area (Å²) in [5, 5.41) is 0. The van der Waals surface area contributed by atoms with E-state index in [0.717, 1.165) is 23.3 Å². The number of benzene rings is 1. The Balaban J connectivity index is 2.26. The summed E-state index contributed by atoms with van der Waals surface area (Å²) < 4.78 is 10.6. The van der Waals surface area contributed by atoms with Gasteiger partial charge in [-0.1, -0.05) is 36.9 Å². The lowest BCUT2D eigenvalue weighted by atomic mass is 10.2. The van der Waals surface area contributed by atoms with Crippen LogP contribution in [0.1, 0.15) is 12.0 Å². The Morgan fingerprint density at radius 1 is 1.31 bits per heavy atom. The van der Waals surface area contributed by atoms with Gasteiger partial charge in [0.15, 0.2) is 0 Å². The summed E-state index contributed by atoms with van der Waals surface area (Å²) in [7, 11) is 1.66. The second-order valence-electron chi connectivity index (χ2n) is 3.51. The molecule has 1 aromatic carbocycles. The van der Waals surface area contributed by atoms with E-state index in [4.69, 9.17) is 9.47 Å². The van der Waals surface area contributed by atoms with Crippen LogP contribution in [0.5, 0.6) is 5.75 Å². The number of rotatable bonds is 7. The Labute approximate surface area is 97.2 Å². The van der Waals surface area contributed by atoms with E-state index in [0.29, 0.717) is 13.2 Å². The first kappa shape index (κ1) is 12.5. The van der Waals surface area contributed by atoms with Gasteiger partial charge in [-0.3, -0.25) is 0 Å². The molecule has 0 fully saturated rings. The van der Waals surface area contributed by atoms with Gasteiger partial charge in [0.1, 0.15) is 5.75 Å². The molecule has 0 aliphatic carbocycles. The molecule has 0 radical (unpaired) electrons. The van der Waals surface area contributed by atoms with E-state index in [1.807, 2.05) is 24.3 Å². The molecule has 2 nitrogen and oxygen atoms in total. The highest BCUT2D eigenvalue weighted by molar-refractivity contribution is 5.26. The Kier molecular flexibility index (Phi) is 5.37. The largest absolute Gasteiger partial charge is 0.497 e. The van der Waals surface area contributed by atoms with Crippen LogP contribution in [-0.4, -0.2) is 13.7 Å². The Hall–Kier alpha value is -1.54. The lowest BCUT2D eigenvalue weighted by Gasteiger charge is -2.05. The van der Waals surface area contributed by atoms with E-state index in [9.17, 15) is 0 Å². The molecule has 0 unspecified atom stereocenters. The number of hydrogen-bond donors (Lipinski definition) is 0. The fourth-order valence-corrected chi connectivity index (χ4v) is 1.22. The van der Waals surface area contributed by atoms with Crippen molar-refractivity contribution in [1.29, 1.82) is 0 Å². The van der Waals surface area contributed by atoms with Crippen molar-refractivity contribution in [2.24, 2.45) is 0 Å². The molecule has 2 heteroatoms. The summed E-state index contributed by atoms with van der Waals surface area (Å²) in [6.45, 7) is 8.77. The third-order valence-corrected chi connectivity index (χ3v) is 2.28. The quantitative estimate of drug-likeness (QED) is 0.516. The number of methoxy groups -OCH3 is 1. The summed E-state index contributed by atoms with van der Waals surface area (Å²) in [6, 6.07) is 7.87. The fraction of sp³-hybridized carbons (Fsp3) is 0.286. The van der Waals surface area contributed by atoms with Gasteiger partial charge in [-0.05, 0) is 24.1 Å². The highest BCUT2D eigenvalue weighted by Crippen LogP contribution is 2.12. The number of allylic oxidation sites excluding steroid dienone is 1. The Morgan fingerprint density at radius 2 is 2.00 bits per heavy atom. The van der Waals surface area contributed by atoms with E-state index in [-0.39, 0.29) is 0 Å². The first-order valence-electron chi connectivity index (χ1n) is 5.27. The molecule has 0 bridgehead atoms. The normalized spacial score (nSPS) is 9.81. The van der Waals surface area contributed by atoms with Crippen LogP contribution in [0.4, 0.5) is 0 Å². The second-order valence-corrected chi connectivity index (χ2v) is 3.51. The maximum Gasteiger partial charge on any atom is 0.118 e. The molecule has 0 saturated carbocycles. The third kappa shape index (κ3) is 4.32.